The van der Waals surface area contributed by atoms with Crippen LogP contribution in [0.25, 0.3) is 11.2 Å². The quantitative estimate of drug-likeness (QED) is 0.353. The third kappa shape index (κ3) is 5.26. The number of hydrogen-bond acceptors (Lipinski definition) is 7. The zero-order valence-electron chi connectivity index (χ0n) is 22.8. The lowest BCUT2D eigenvalue weighted by Gasteiger charge is -2.31. The Balaban J connectivity index is 1.83. The van der Waals surface area contributed by atoms with E-state index in [0.29, 0.717) is 19.0 Å². The highest BCUT2D eigenvalue weighted by Gasteiger charge is 2.27. The topological polar surface area (TPSA) is 139 Å². The van der Waals surface area contributed by atoms with Gasteiger partial charge in [0, 0.05) is 19.1 Å². The van der Waals surface area contributed by atoms with Crippen molar-refractivity contribution in [2.24, 2.45) is 5.73 Å². The number of anilines is 1. The maximum atomic E-state index is 14.3. The molecule has 212 valence electrons. The summed E-state index contributed by atoms with van der Waals surface area (Å²) >= 11 is 0. The number of hydrogen-bond donors (Lipinski definition) is 1. The summed E-state index contributed by atoms with van der Waals surface area (Å²) < 4.78 is 32.2. The van der Waals surface area contributed by atoms with Gasteiger partial charge in [-0.15, -0.1) is 5.92 Å². The van der Waals surface area contributed by atoms with E-state index in [1.165, 1.54) is 16.7 Å². The summed E-state index contributed by atoms with van der Waals surface area (Å²) in [6, 6.07) is 10.9. The Morgan fingerprint density at radius 1 is 0.976 bits per heavy atom. The van der Waals surface area contributed by atoms with E-state index in [1.54, 1.807) is 11.5 Å². The Kier molecular flexibility index (Phi) is 7.88. The fraction of sp³-hybridized carbons (Fsp3) is 0.300. The number of rotatable bonds is 6. The highest BCUT2D eigenvalue weighted by Crippen LogP contribution is 2.24. The van der Waals surface area contributed by atoms with Gasteiger partial charge in [-0.1, -0.05) is 5.92 Å². The number of nitrogens with two attached hydrogens (primary N) is 1. The molecule has 3 heterocycles. The second kappa shape index (κ2) is 11.7. The lowest BCUT2D eigenvalue weighted by atomic mass is 10.1. The largest absolute Gasteiger partial charge is 0.341 e. The first kappa shape index (κ1) is 28.3. The third-order valence-corrected chi connectivity index (χ3v) is 7.28. The van der Waals surface area contributed by atoms with Gasteiger partial charge in [0.2, 0.25) is 5.95 Å². The van der Waals surface area contributed by atoms with E-state index in [0.717, 1.165) is 41.7 Å². The van der Waals surface area contributed by atoms with Gasteiger partial charge < -0.3 is 10.6 Å². The molecule has 2 N–H and O–H groups in total. The standard InChI is InChI=1S/C30H26F2N8O2/c1-2-3-11-38-26-27(36-29(38)37-10-4-5-25(35)18-37)39(16-21-12-23(31)8-6-19(21)14-33)30(42)40(28(26)41)17-22-13-24(32)9-7-20(22)15-34/h6-9,12-13,25H,4-5,10-11,16-18,35H2,1H3/t25-/m1/s1. The molecule has 4 aromatic rings. The van der Waals surface area contributed by atoms with Crippen molar-refractivity contribution in [3.8, 4) is 24.0 Å². The van der Waals surface area contributed by atoms with Gasteiger partial charge in [0.25, 0.3) is 5.56 Å². The Labute approximate surface area is 239 Å². The van der Waals surface area contributed by atoms with E-state index in [9.17, 15) is 28.9 Å². The van der Waals surface area contributed by atoms with Crippen LogP contribution < -0.4 is 21.9 Å². The summed E-state index contributed by atoms with van der Waals surface area (Å²) in [5, 5.41) is 19.2. The number of piperidine rings is 1. The molecular weight excluding hydrogens is 542 g/mol. The molecule has 10 nitrogen and oxygen atoms in total. The second-order valence-corrected chi connectivity index (χ2v) is 10.0. The molecule has 1 aliphatic rings. The fourth-order valence-corrected chi connectivity index (χ4v) is 5.25. The zero-order chi connectivity index (χ0) is 30.0. The first-order valence-corrected chi connectivity index (χ1v) is 13.3. The molecule has 1 fully saturated rings. The van der Waals surface area contributed by atoms with Gasteiger partial charge in [-0.25, -0.2) is 13.6 Å². The number of halogens is 2. The van der Waals surface area contributed by atoms with Crippen LogP contribution in [0.15, 0.2) is 46.0 Å². The van der Waals surface area contributed by atoms with E-state index in [1.807, 2.05) is 17.0 Å². The Bertz CT molecular complexity index is 1970. The predicted molar refractivity (Wildman–Crippen MR) is 152 cm³/mol. The van der Waals surface area contributed by atoms with Crippen LogP contribution >= 0.6 is 0 Å². The number of nitriles is 2. The molecule has 1 saturated heterocycles. The van der Waals surface area contributed by atoms with E-state index in [4.69, 9.17) is 10.7 Å². The summed E-state index contributed by atoms with van der Waals surface area (Å²) in [6.07, 6.45) is 1.63. The highest BCUT2D eigenvalue weighted by molar-refractivity contribution is 5.75. The normalized spacial score (nSPS) is 14.7. The van der Waals surface area contributed by atoms with Crippen LogP contribution in [-0.4, -0.2) is 37.8 Å². The molecule has 0 aliphatic carbocycles. The fourth-order valence-electron chi connectivity index (χ4n) is 5.25. The summed E-state index contributed by atoms with van der Waals surface area (Å²) in [6.45, 7) is 2.14. The Morgan fingerprint density at radius 2 is 1.60 bits per heavy atom. The molecule has 0 unspecified atom stereocenters. The summed E-state index contributed by atoms with van der Waals surface area (Å²) in [5.74, 6) is 4.93. The van der Waals surface area contributed by atoms with E-state index >= 15 is 0 Å². The molecule has 0 bridgehead atoms. The van der Waals surface area contributed by atoms with E-state index < -0.39 is 29.4 Å². The molecule has 1 atom stereocenters. The average Bonchev–Trinajstić information content (AvgIpc) is 3.36. The minimum Gasteiger partial charge on any atom is -0.341 e. The molecule has 5 rings (SSSR count). The van der Waals surface area contributed by atoms with Crippen LogP contribution in [0.5, 0.6) is 0 Å². The molecule has 0 saturated carbocycles. The number of benzene rings is 2. The molecule has 0 amide bonds. The van der Waals surface area contributed by atoms with Gasteiger partial charge in [-0.05, 0) is 67.3 Å². The number of aromatic nitrogens is 4. The van der Waals surface area contributed by atoms with E-state index in [2.05, 4.69) is 11.8 Å². The van der Waals surface area contributed by atoms with Crippen LogP contribution in [0.1, 0.15) is 42.0 Å². The first-order valence-electron chi connectivity index (χ1n) is 13.3. The Morgan fingerprint density at radius 3 is 2.17 bits per heavy atom. The van der Waals surface area contributed by atoms with Gasteiger partial charge in [-0.2, -0.15) is 15.5 Å². The van der Waals surface area contributed by atoms with Gasteiger partial charge in [-0.3, -0.25) is 18.5 Å². The molecule has 0 radical (unpaired) electrons. The molecule has 12 heteroatoms. The van der Waals surface area contributed by atoms with Crippen molar-refractivity contribution in [3.05, 3.63) is 91.1 Å². The van der Waals surface area contributed by atoms with Crippen LogP contribution in [-0.2, 0) is 19.6 Å². The number of fused-ring (bicyclic) bond motifs is 1. The molecule has 2 aromatic heterocycles. The van der Waals surface area contributed by atoms with Crippen LogP contribution in [0.3, 0.4) is 0 Å². The monoisotopic (exact) mass is 568 g/mol. The highest BCUT2D eigenvalue weighted by atomic mass is 19.1. The summed E-state index contributed by atoms with van der Waals surface area (Å²) in [4.78, 5) is 34.8. The van der Waals surface area contributed by atoms with Crippen LogP contribution in [0.2, 0.25) is 0 Å². The van der Waals surface area contributed by atoms with Crippen molar-refractivity contribution in [1.29, 1.82) is 10.5 Å². The van der Waals surface area contributed by atoms with Gasteiger partial charge >= 0.3 is 5.69 Å². The van der Waals surface area contributed by atoms with Gasteiger partial charge in [0.1, 0.15) is 11.6 Å². The maximum absolute atomic E-state index is 14.3. The van der Waals surface area contributed by atoms with Crippen molar-refractivity contribution in [2.45, 2.75) is 45.4 Å². The number of imidazole rings is 1. The molecule has 0 spiro atoms. The number of nitrogens with zero attached hydrogens (tertiary/aromatic N) is 7. The maximum Gasteiger partial charge on any atom is 0.333 e. The third-order valence-electron chi connectivity index (χ3n) is 7.28. The van der Waals surface area contributed by atoms with Crippen molar-refractivity contribution in [2.75, 3.05) is 18.0 Å². The average molecular weight is 569 g/mol. The van der Waals surface area contributed by atoms with Gasteiger partial charge in [0.15, 0.2) is 11.2 Å². The first-order chi connectivity index (χ1) is 20.2. The SMILES string of the molecule is CC#CCn1c(N2CCC[C@@H](N)C2)nc2c1c(=O)n(Cc1cc(F)ccc1C#N)c(=O)n2Cc1cc(F)ccc1C#N. The predicted octanol–water partition coefficient (Wildman–Crippen LogP) is 2.43. The lowest BCUT2D eigenvalue weighted by Crippen LogP contribution is -2.44. The molecule has 42 heavy (non-hydrogen) atoms. The summed E-state index contributed by atoms with van der Waals surface area (Å²) in [5.41, 5.74) is 5.37. The van der Waals surface area contributed by atoms with Crippen molar-refractivity contribution >= 4 is 17.1 Å². The molecule has 2 aromatic carbocycles. The lowest BCUT2D eigenvalue weighted by molar-refractivity contribution is 0.496. The molecule has 1 aliphatic heterocycles. The minimum absolute atomic E-state index is 0.0289. The van der Waals surface area contributed by atoms with Gasteiger partial charge in [0.05, 0.1) is 42.9 Å². The summed E-state index contributed by atoms with van der Waals surface area (Å²) in [7, 11) is 0. The Hall–Kier alpha value is -5.25. The molecular formula is C30H26F2N8O2. The van der Waals surface area contributed by atoms with Crippen LogP contribution in [0, 0.1) is 46.1 Å². The van der Waals surface area contributed by atoms with Crippen molar-refractivity contribution in [3.63, 3.8) is 0 Å². The van der Waals surface area contributed by atoms with Crippen LogP contribution in [0.4, 0.5) is 14.7 Å². The minimum atomic E-state index is -0.818. The zero-order valence-corrected chi connectivity index (χ0v) is 22.8. The van der Waals surface area contributed by atoms with Crippen molar-refractivity contribution in [1.82, 2.24) is 18.7 Å². The second-order valence-electron chi connectivity index (χ2n) is 10.0. The van der Waals surface area contributed by atoms with E-state index in [-0.39, 0.29) is 52.5 Å². The van der Waals surface area contributed by atoms with Crippen molar-refractivity contribution < 1.29 is 8.78 Å². The smallest absolute Gasteiger partial charge is 0.333 e.